The van der Waals surface area contributed by atoms with Crippen LogP contribution in [0.15, 0.2) is 29.4 Å². The molecule has 0 aromatic heterocycles. The van der Waals surface area contributed by atoms with Gasteiger partial charge in [0.15, 0.2) is 5.71 Å². The summed E-state index contributed by atoms with van der Waals surface area (Å²) in [7, 11) is 0. The number of carbonyl (C=O) groups excluding carboxylic acids is 1. The summed E-state index contributed by atoms with van der Waals surface area (Å²) in [4.78, 5) is 21.0. The van der Waals surface area contributed by atoms with Gasteiger partial charge in [-0.05, 0) is 12.1 Å². The van der Waals surface area contributed by atoms with E-state index in [1.54, 1.807) is 18.2 Å². The van der Waals surface area contributed by atoms with E-state index in [0.29, 0.717) is 11.3 Å². The van der Waals surface area contributed by atoms with E-state index in [4.69, 9.17) is 20.8 Å². The number of ether oxygens (including phenoxy) is 1. The van der Waals surface area contributed by atoms with E-state index < -0.39 is 12.0 Å². The molecule has 0 amide bonds. The Morgan fingerprint density at radius 2 is 2.26 bits per heavy atom. The molecule has 7 heteroatoms. The maximum absolute atomic E-state index is 10.5. The second-order valence-corrected chi connectivity index (χ2v) is 3.66. The Balaban J connectivity index is 2.63. The van der Waals surface area contributed by atoms with Gasteiger partial charge in [0.05, 0.1) is 6.61 Å². The Hall–Kier alpha value is -2.41. The van der Waals surface area contributed by atoms with Crippen molar-refractivity contribution in [2.24, 2.45) is 10.9 Å². The maximum Gasteiger partial charge on any atom is 0.320 e. The summed E-state index contributed by atoms with van der Waals surface area (Å²) in [6, 6.07) is 5.27. The highest BCUT2D eigenvalue weighted by atomic mass is 16.5. The van der Waals surface area contributed by atoms with Crippen molar-refractivity contribution in [1.29, 1.82) is 0 Å². The van der Waals surface area contributed by atoms with Crippen LogP contribution in [0.3, 0.4) is 0 Å². The first-order valence-electron chi connectivity index (χ1n) is 5.40. The zero-order valence-corrected chi connectivity index (χ0v) is 9.94. The Bertz CT molecular complexity index is 487. The fourth-order valence-electron chi connectivity index (χ4n) is 1.30. The van der Waals surface area contributed by atoms with Gasteiger partial charge in [0, 0.05) is 12.0 Å². The number of carboxylic acid groups (broad SMARTS) is 1. The average Bonchev–Trinajstić information content (AvgIpc) is 2.40. The molecule has 101 valence electrons. The molecule has 19 heavy (non-hydrogen) atoms. The maximum atomic E-state index is 10.5. The largest absolute Gasteiger partial charge is 0.493 e. The van der Waals surface area contributed by atoms with Crippen molar-refractivity contribution >= 4 is 18.0 Å². The summed E-state index contributed by atoms with van der Waals surface area (Å²) in [6.45, 7) is 0.118. The summed E-state index contributed by atoms with van der Waals surface area (Å²) in [5, 5.41) is 20.0. The molecule has 0 heterocycles. The van der Waals surface area contributed by atoms with Gasteiger partial charge in [-0.3, -0.25) is 9.59 Å². The fourth-order valence-corrected chi connectivity index (χ4v) is 1.30. The molecule has 4 N–H and O–H groups in total. The van der Waals surface area contributed by atoms with Crippen molar-refractivity contribution in [3.8, 4) is 5.75 Å². The van der Waals surface area contributed by atoms with Crippen LogP contribution in [0.25, 0.3) is 0 Å². The third-order valence-corrected chi connectivity index (χ3v) is 2.32. The molecule has 0 saturated heterocycles. The van der Waals surface area contributed by atoms with Crippen LogP contribution < -0.4 is 10.5 Å². The van der Waals surface area contributed by atoms with Crippen LogP contribution in [0.1, 0.15) is 12.0 Å². The van der Waals surface area contributed by atoms with Gasteiger partial charge in [0.2, 0.25) is 0 Å². The molecule has 0 fully saturated rings. The van der Waals surface area contributed by atoms with Crippen LogP contribution in [0.5, 0.6) is 5.75 Å². The fraction of sp³-hybridized carbons (Fsp3) is 0.250. The smallest absolute Gasteiger partial charge is 0.320 e. The third-order valence-electron chi connectivity index (χ3n) is 2.32. The van der Waals surface area contributed by atoms with Gasteiger partial charge < -0.3 is 20.8 Å². The van der Waals surface area contributed by atoms with E-state index in [-0.39, 0.29) is 18.7 Å². The van der Waals surface area contributed by atoms with Crippen LogP contribution in [0.4, 0.5) is 0 Å². The van der Waals surface area contributed by atoms with Crippen LogP contribution in [-0.2, 0) is 9.59 Å². The molecule has 7 nitrogen and oxygen atoms in total. The first-order valence-corrected chi connectivity index (χ1v) is 5.40. The highest BCUT2D eigenvalue weighted by Gasteiger charge is 2.11. The number of carbonyl (C=O) groups is 1. The summed E-state index contributed by atoms with van der Waals surface area (Å²) >= 11 is 0. The summed E-state index contributed by atoms with van der Waals surface area (Å²) in [5.41, 5.74) is 5.42. The molecule has 1 unspecified atom stereocenters. The quantitative estimate of drug-likeness (QED) is 0.366. The van der Waals surface area contributed by atoms with E-state index in [1.165, 1.54) is 12.4 Å². The van der Waals surface area contributed by atoms with E-state index in [0.717, 1.165) is 0 Å². The summed E-state index contributed by atoms with van der Waals surface area (Å²) < 4.78 is 5.30. The molecule has 1 rings (SSSR count). The number of hydrogen-bond acceptors (Lipinski definition) is 6. The Kier molecular flexibility index (Phi) is 5.49. The minimum absolute atomic E-state index is 0.118. The highest BCUT2D eigenvalue weighted by molar-refractivity contribution is 6.36. The normalized spacial score (nSPS) is 12.8. The van der Waals surface area contributed by atoms with Crippen molar-refractivity contribution in [3.05, 3.63) is 29.8 Å². The number of rotatable bonds is 7. The lowest BCUT2D eigenvalue weighted by Crippen LogP contribution is -2.31. The standard InChI is InChI=1S/C12H13N2O5/c13-10(12(16)17)4-5-19-9-3-1-2-8(6-9)11(7-15)14-18/h1-3,6,10,18H,4-5,13H2,(H,16,17)/b14-11+. The number of oxime groups is 1. The molecule has 1 aromatic rings. The second-order valence-electron chi connectivity index (χ2n) is 3.66. The van der Waals surface area contributed by atoms with E-state index in [9.17, 15) is 9.59 Å². The van der Waals surface area contributed by atoms with Gasteiger partial charge in [-0.2, -0.15) is 0 Å². The van der Waals surface area contributed by atoms with Crippen LogP contribution in [-0.4, -0.2) is 40.9 Å². The molecule has 0 aliphatic carbocycles. The van der Waals surface area contributed by atoms with Gasteiger partial charge in [-0.1, -0.05) is 17.3 Å². The molecule has 0 spiro atoms. The van der Waals surface area contributed by atoms with Crippen molar-refractivity contribution in [2.75, 3.05) is 6.61 Å². The molecule has 1 atom stereocenters. The average molecular weight is 265 g/mol. The number of benzene rings is 1. The van der Waals surface area contributed by atoms with Gasteiger partial charge >= 0.3 is 5.97 Å². The van der Waals surface area contributed by atoms with E-state index in [1.807, 2.05) is 0 Å². The zero-order valence-electron chi connectivity index (χ0n) is 9.94. The predicted octanol–water partition coefficient (Wildman–Crippen LogP) is 0.155. The Morgan fingerprint density at radius 3 is 2.84 bits per heavy atom. The molecule has 0 saturated carbocycles. The topological polar surface area (TPSA) is 122 Å². The van der Waals surface area contributed by atoms with Gasteiger partial charge in [0.1, 0.15) is 11.8 Å². The molecular formula is C12H13N2O5. The van der Waals surface area contributed by atoms with Crippen LogP contribution in [0.2, 0.25) is 0 Å². The van der Waals surface area contributed by atoms with Crippen molar-refractivity contribution in [2.45, 2.75) is 12.5 Å². The Morgan fingerprint density at radius 1 is 1.53 bits per heavy atom. The lowest BCUT2D eigenvalue weighted by atomic mass is 10.1. The number of carboxylic acids is 1. The molecule has 0 aliphatic rings. The van der Waals surface area contributed by atoms with Gasteiger partial charge in [-0.15, -0.1) is 0 Å². The van der Waals surface area contributed by atoms with E-state index in [2.05, 4.69) is 5.16 Å². The first-order chi connectivity index (χ1) is 9.08. The molecular weight excluding hydrogens is 252 g/mol. The minimum Gasteiger partial charge on any atom is -0.493 e. The number of nitrogens with zero attached hydrogens (tertiary/aromatic N) is 1. The Labute approximate surface area is 109 Å². The van der Waals surface area contributed by atoms with Gasteiger partial charge in [0.25, 0.3) is 6.29 Å². The number of aliphatic carboxylic acids is 1. The molecule has 1 aromatic carbocycles. The predicted molar refractivity (Wildman–Crippen MR) is 66.2 cm³/mol. The molecule has 1 radical (unpaired) electrons. The lowest BCUT2D eigenvalue weighted by Gasteiger charge is -2.09. The van der Waals surface area contributed by atoms with Crippen LogP contribution >= 0.6 is 0 Å². The SMILES string of the molecule is NC(CCOc1cccc(/C([C]=O)=N/O)c1)C(=O)O. The number of nitrogens with two attached hydrogens (primary N) is 1. The van der Waals surface area contributed by atoms with Crippen molar-refractivity contribution in [1.82, 2.24) is 0 Å². The minimum atomic E-state index is -1.09. The van der Waals surface area contributed by atoms with E-state index >= 15 is 0 Å². The molecule has 0 aliphatic heterocycles. The van der Waals surface area contributed by atoms with Crippen molar-refractivity contribution < 1.29 is 24.6 Å². The lowest BCUT2D eigenvalue weighted by molar-refractivity contribution is -0.138. The summed E-state index contributed by atoms with van der Waals surface area (Å²) in [6.07, 6.45) is 1.63. The summed E-state index contributed by atoms with van der Waals surface area (Å²) in [5.74, 6) is -0.686. The van der Waals surface area contributed by atoms with Crippen LogP contribution in [0, 0.1) is 0 Å². The highest BCUT2D eigenvalue weighted by Crippen LogP contribution is 2.14. The zero-order chi connectivity index (χ0) is 14.3. The van der Waals surface area contributed by atoms with Gasteiger partial charge in [-0.25, -0.2) is 0 Å². The molecule has 0 bridgehead atoms. The monoisotopic (exact) mass is 265 g/mol. The second kappa shape index (κ2) is 7.12. The first kappa shape index (κ1) is 14.7. The number of hydrogen-bond donors (Lipinski definition) is 3. The third kappa shape index (κ3) is 4.40. The van der Waals surface area contributed by atoms with Crippen molar-refractivity contribution in [3.63, 3.8) is 0 Å².